The molecule has 0 saturated carbocycles. The summed E-state index contributed by atoms with van der Waals surface area (Å²) in [5.74, 6) is -1.25. The monoisotopic (exact) mass is 681 g/mol. The standard InChI is InChI=1S/C39H39NO8S/c41-24-13-15-28-31(21-24)47-32-22-25(42)14-16-29(32)33(28)26-11-7-8-12-27(26)38(45)46-23-39-18-17-30(48-39)34-35(39)37(44)40(36(34)43)19-9-5-3-1-2-4-6-10-20-49/h7-8,11-18,21-22,30,34-35,41,49H,1-6,9-10,19-20,23H2. The normalized spacial score (nSPS) is 22.5. The Morgan fingerprint density at radius 1 is 0.878 bits per heavy atom. The fraction of sp³-hybridized carbons (Fsp3) is 0.385. The number of ether oxygens (including phenoxy) is 2. The van der Waals surface area contributed by atoms with Gasteiger partial charge in [0.2, 0.25) is 11.8 Å². The number of aromatic hydroxyl groups is 1. The Morgan fingerprint density at radius 2 is 1.63 bits per heavy atom. The Kier molecular flexibility index (Phi) is 9.35. The average molecular weight is 682 g/mol. The molecule has 1 aliphatic carbocycles. The number of likely N-dealkylation sites (tertiary alicyclic amines) is 1. The lowest BCUT2D eigenvalue weighted by Gasteiger charge is -2.28. The van der Waals surface area contributed by atoms with Crippen LogP contribution in [0.15, 0.2) is 82.0 Å². The van der Waals surface area contributed by atoms with Crippen molar-refractivity contribution in [2.75, 3.05) is 18.9 Å². The fourth-order valence-corrected chi connectivity index (χ4v) is 7.90. The van der Waals surface area contributed by atoms with Gasteiger partial charge in [-0.25, -0.2) is 4.79 Å². The number of unbranched alkanes of at least 4 members (excludes halogenated alkanes) is 7. The van der Waals surface area contributed by atoms with E-state index >= 15 is 0 Å². The van der Waals surface area contributed by atoms with Crippen molar-refractivity contribution in [1.29, 1.82) is 0 Å². The van der Waals surface area contributed by atoms with Gasteiger partial charge < -0.3 is 19.0 Å². The molecule has 2 aromatic rings. The fourth-order valence-electron chi connectivity index (χ4n) is 7.67. The Balaban J connectivity index is 1.07. The summed E-state index contributed by atoms with van der Waals surface area (Å²) in [6.07, 6.45) is 11.7. The van der Waals surface area contributed by atoms with Gasteiger partial charge in [0.25, 0.3) is 0 Å². The molecule has 49 heavy (non-hydrogen) atoms. The third kappa shape index (κ3) is 6.16. The van der Waals surface area contributed by atoms with Crippen molar-refractivity contribution >= 4 is 41.4 Å². The molecule has 7 rings (SSSR count). The number of fused-ring (bicyclic) bond motifs is 7. The second-order valence-electron chi connectivity index (χ2n) is 13.2. The number of phenolic OH excluding ortho intramolecular Hbond substituents is 1. The smallest absolute Gasteiger partial charge is 0.338 e. The lowest BCUT2D eigenvalue weighted by atomic mass is 9.77. The van der Waals surface area contributed by atoms with E-state index in [2.05, 4.69) is 12.6 Å². The van der Waals surface area contributed by atoms with Crippen LogP contribution in [0, 0.1) is 11.8 Å². The summed E-state index contributed by atoms with van der Waals surface area (Å²) in [6, 6.07) is 16.1. The predicted molar refractivity (Wildman–Crippen MR) is 188 cm³/mol. The number of carbonyl (C=O) groups excluding carboxylic acids is 3. The van der Waals surface area contributed by atoms with Gasteiger partial charge in [-0.15, -0.1) is 0 Å². The first-order valence-corrected chi connectivity index (χ1v) is 17.7. The Bertz CT molecular complexity index is 1970. The van der Waals surface area contributed by atoms with Crippen molar-refractivity contribution in [1.82, 2.24) is 4.90 Å². The maximum absolute atomic E-state index is 13.9. The summed E-state index contributed by atoms with van der Waals surface area (Å²) in [5, 5.41) is 10.8. The van der Waals surface area contributed by atoms with E-state index in [9.17, 15) is 24.3 Å². The second-order valence-corrected chi connectivity index (χ2v) is 13.7. The number of thiol groups is 1. The minimum absolute atomic E-state index is 0.00543. The van der Waals surface area contributed by atoms with Crippen LogP contribution in [-0.2, 0) is 19.1 Å². The summed E-state index contributed by atoms with van der Waals surface area (Å²) in [5.41, 5.74) is 0.938. The maximum atomic E-state index is 13.9. The van der Waals surface area contributed by atoms with Gasteiger partial charge in [-0.05, 0) is 60.6 Å². The van der Waals surface area contributed by atoms with Gasteiger partial charge in [0.1, 0.15) is 29.3 Å². The molecular weight excluding hydrogens is 642 g/mol. The Morgan fingerprint density at radius 3 is 2.43 bits per heavy atom. The summed E-state index contributed by atoms with van der Waals surface area (Å²) in [4.78, 5) is 54.6. The van der Waals surface area contributed by atoms with Crippen LogP contribution >= 0.6 is 12.6 Å². The molecule has 0 spiro atoms. The van der Waals surface area contributed by atoms with Crippen molar-refractivity contribution in [2.45, 2.75) is 63.1 Å². The summed E-state index contributed by atoms with van der Waals surface area (Å²) < 4.78 is 18.1. The molecule has 2 bridgehead atoms. The number of amides is 2. The molecule has 1 N–H and O–H groups in total. The largest absolute Gasteiger partial charge is 0.508 e. The van der Waals surface area contributed by atoms with Crippen LogP contribution in [0.4, 0.5) is 0 Å². The minimum atomic E-state index is -1.22. The van der Waals surface area contributed by atoms with E-state index < -0.39 is 29.5 Å². The number of benzene rings is 3. The number of esters is 1. The highest BCUT2D eigenvalue weighted by Gasteiger charge is 2.67. The SMILES string of the molecule is O=C(OCC12C=CC(O1)C1C(=O)N(CCCCCCCCCCS)C(=O)C12)c1ccccc1-c1c2ccc(=O)cc-2oc2cc(O)ccc12. The first kappa shape index (κ1) is 33.1. The van der Waals surface area contributed by atoms with Crippen LogP contribution in [0.2, 0.25) is 0 Å². The number of nitrogens with zero attached hydrogens (tertiary/aromatic N) is 1. The first-order valence-electron chi connectivity index (χ1n) is 17.1. The van der Waals surface area contributed by atoms with Gasteiger partial charge in [0.05, 0.1) is 23.5 Å². The molecule has 2 saturated heterocycles. The molecule has 0 radical (unpaired) electrons. The van der Waals surface area contributed by atoms with Crippen molar-refractivity contribution in [3.05, 3.63) is 88.6 Å². The van der Waals surface area contributed by atoms with Crippen molar-refractivity contribution in [3.8, 4) is 28.2 Å². The number of hydrogen-bond acceptors (Lipinski definition) is 9. The van der Waals surface area contributed by atoms with Crippen LogP contribution < -0.4 is 5.43 Å². The maximum Gasteiger partial charge on any atom is 0.338 e. The molecule has 4 atom stereocenters. The quantitative estimate of drug-likeness (QED) is 0.0373. The highest BCUT2D eigenvalue weighted by Crippen LogP contribution is 2.52. The van der Waals surface area contributed by atoms with Crippen molar-refractivity contribution in [2.24, 2.45) is 11.8 Å². The topological polar surface area (TPSA) is 123 Å². The lowest BCUT2D eigenvalue weighted by Crippen LogP contribution is -2.44. The van der Waals surface area contributed by atoms with E-state index in [1.807, 2.05) is 0 Å². The molecule has 5 aliphatic rings. The first-order chi connectivity index (χ1) is 23.8. The van der Waals surface area contributed by atoms with Crippen LogP contribution in [0.1, 0.15) is 61.7 Å². The third-order valence-electron chi connectivity index (χ3n) is 10.1. The highest BCUT2D eigenvalue weighted by molar-refractivity contribution is 7.80. The molecule has 254 valence electrons. The van der Waals surface area contributed by atoms with Crippen molar-refractivity contribution < 1.29 is 33.4 Å². The van der Waals surface area contributed by atoms with E-state index in [4.69, 9.17) is 13.9 Å². The summed E-state index contributed by atoms with van der Waals surface area (Å²) in [6.45, 7) is 0.157. The number of carbonyl (C=O) groups is 3. The van der Waals surface area contributed by atoms with E-state index in [1.54, 1.807) is 48.6 Å². The van der Waals surface area contributed by atoms with Gasteiger partial charge in [0.15, 0.2) is 5.43 Å². The molecular formula is C39H39NO8S. The molecule has 4 unspecified atom stereocenters. The Labute approximate surface area is 289 Å². The number of imide groups is 1. The highest BCUT2D eigenvalue weighted by atomic mass is 32.1. The molecule has 0 aromatic heterocycles. The van der Waals surface area contributed by atoms with E-state index in [-0.39, 0.29) is 35.2 Å². The zero-order chi connectivity index (χ0) is 34.1. The number of rotatable bonds is 14. The minimum Gasteiger partial charge on any atom is -0.508 e. The van der Waals surface area contributed by atoms with Crippen molar-refractivity contribution in [3.63, 3.8) is 0 Å². The predicted octanol–water partition coefficient (Wildman–Crippen LogP) is 6.79. The number of hydrogen-bond donors (Lipinski definition) is 2. The molecule has 4 heterocycles. The Hall–Kier alpha value is -4.41. The van der Waals surface area contributed by atoms with E-state index in [0.29, 0.717) is 40.0 Å². The molecule has 2 amide bonds. The van der Waals surface area contributed by atoms with Gasteiger partial charge in [0, 0.05) is 35.2 Å². The van der Waals surface area contributed by atoms with E-state index in [0.717, 1.165) is 37.9 Å². The van der Waals surface area contributed by atoms with Gasteiger partial charge in [-0.3, -0.25) is 19.3 Å². The van der Waals surface area contributed by atoms with Crippen LogP contribution in [-0.4, -0.2) is 58.4 Å². The van der Waals surface area contributed by atoms with Crippen LogP contribution in [0.25, 0.3) is 33.4 Å². The van der Waals surface area contributed by atoms with E-state index in [1.165, 1.54) is 48.4 Å². The average Bonchev–Trinajstić information content (AvgIpc) is 3.75. The molecule has 2 aromatic carbocycles. The molecule has 9 nitrogen and oxygen atoms in total. The van der Waals surface area contributed by atoms with Gasteiger partial charge in [-0.1, -0.05) is 62.8 Å². The molecule has 10 heteroatoms. The number of phenols is 1. The molecule has 4 aliphatic heterocycles. The zero-order valence-corrected chi connectivity index (χ0v) is 28.0. The summed E-state index contributed by atoms with van der Waals surface area (Å²) in [7, 11) is 0. The van der Waals surface area contributed by atoms with Crippen LogP contribution in [0.3, 0.4) is 0 Å². The molecule has 2 fully saturated rings. The second kappa shape index (κ2) is 13.8. The lowest BCUT2D eigenvalue weighted by molar-refractivity contribution is -0.145. The zero-order valence-electron chi connectivity index (χ0n) is 27.1. The van der Waals surface area contributed by atoms with Crippen LogP contribution in [0.5, 0.6) is 5.75 Å². The summed E-state index contributed by atoms with van der Waals surface area (Å²) >= 11 is 4.26. The third-order valence-corrected chi connectivity index (χ3v) is 10.4. The van der Waals surface area contributed by atoms with Gasteiger partial charge >= 0.3 is 5.97 Å². The van der Waals surface area contributed by atoms with Gasteiger partial charge in [-0.2, -0.15) is 12.6 Å².